The van der Waals surface area contributed by atoms with E-state index in [1.165, 1.54) is 6.07 Å². The van der Waals surface area contributed by atoms with Crippen molar-refractivity contribution in [2.45, 2.75) is 45.6 Å². The summed E-state index contributed by atoms with van der Waals surface area (Å²) >= 11 is 0. The molecule has 1 heterocycles. The molecule has 0 saturated heterocycles. The van der Waals surface area contributed by atoms with E-state index in [1.54, 1.807) is 16.8 Å². The third-order valence-electron chi connectivity index (χ3n) is 4.54. The van der Waals surface area contributed by atoms with Crippen molar-refractivity contribution in [2.24, 2.45) is 11.7 Å². The molecule has 2 atom stereocenters. The number of rotatable bonds is 3. The lowest BCUT2D eigenvalue weighted by Gasteiger charge is -2.25. The number of benzene rings is 1. The van der Waals surface area contributed by atoms with Gasteiger partial charge < -0.3 is 11.1 Å². The van der Waals surface area contributed by atoms with Gasteiger partial charge in [-0.3, -0.25) is 4.79 Å². The number of aromatic nitrogens is 2. The third-order valence-corrected chi connectivity index (χ3v) is 4.54. The molecule has 1 aliphatic carbocycles. The van der Waals surface area contributed by atoms with Crippen LogP contribution in [0.4, 0.5) is 10.1 Å². The molecule has 25 heavy (non-hydrogen) atoms. The Kier molecular flexibility index (Phi) is 6.19. The van der Waals surface area contributed by atoms with Crippen molar-refractivity contribution in [1.82, 2.24) is 9.78 Å². The summed E-state index contributed by atoms with van der Waals surface area (Å²) in [5.74, 6) is -0.588. The van der Waals surface area contributed by atoms with E-state index in [0.29, 0.717) is 17.8 Å². The van der Waals surface area contributed by atoms with Gasteiger partial charge in [0.2, 0.25) is 5.91 Å². The van der Waals surface area contributed by atoms with Gasteiger partial charge in [-0.05, 0) is 57.4 Å². The number of nitrogens with zero attached hydrogens (tertiary/aromatic N) is 2. The molecule has 0 spiro atoms. The Hall–Kier alpha value is -1.92. The van der Waals surface area contributed by atoms with Gasteiger partial charge >= 0.3 is 0 Å². The molecule has 2 unspecified atom stereocenters. The molecule has 1 fully saturated rings. The normalized spacial score (nSPS) is 20.0. The van der Waals surface area contributed by atoms with Gasteiger partial charge in [0.1, 0.15) is 5.69 Å². The smallest absolute Gasteiger partial charge is 0.227 e. The maximum absolute atomic E-state index is 14.4. The van der Waals surface area contributed by atoms with Crippen LogP contribution in [-0.4, -0.2) is 21.7 Å². The molecule has 3 N–H and O–H groups in total. The van der Waals surface area contributed by atoms with E-state index in [-0.39, 0.29) is 30.3 Å². The number of carbonyl (C=O) groups excluding carboxylic acids is 1. The number of anilines is 1. The SMILES string of the molecule is Cc1cc(C)n(-c2ccc(NC(=O)C3CCCC(N)C3)cc2F)n1.Cl. The van der Waals surface area contributed by atoms with Crippen molar-refractivity contribution in [3.63, 3.8) is 0 Å². The van der Waals surface area contributed by atoms with Crippen molar-refractivity contribution in [3.05, 3.63) is 41.5 Å². The highest BCUT2D eigenvalue weighted by atomic mass is 35.5. The van der Waals surface area contributed by atoms with Crippen LogP contribution >= 0.6 is 12.4 Å². The van der Waals surface area contributed by atoms with Gasteiger partial charge in [0.15, 0.2) is 5.82 Å². The zero-order valence-corrected chi connectivity index (χ0v) is 15.3. The molecule has 136 valence electrons. The molecule has 5 nitrogen and oxygen atoms in total. The summed E-state index contributed by atoms with van der Waals surface area (Å²) in [6, 6.07) is 6.65. The molecule has 3 rings (SSSR count). The Morgan fingerprint density at radius 3 is 2.68 bits per heavy atom. The largest absolute Gasteiger partial charge is 0.328 e. The fourth-order valence-corrected chi connectivity index (χ4v) is 3.34. The highest BCUT2D eigenvalue weighted by molar-refractivity contribution is 5.92. The predicted molar refractivity (Wildman–Crippen MR) is 98.8 cm³/mol. The average molecular weight is 367 g/mol. The van der Waals surface area contributed by atoms with Gasteiger partial charge in [0.05, 0.1) is 5.69 Å². The minimum atomic E-state index is -0.417. The van der Waals surface area contributed by atoms with E-state index >= 15 is 0 Å². The first kappa shape index (κ1) is 19.4. The molecular weight excluding hydrogens is 343 g/mol. The summed E-state index contributed by atoms with van der Waals surface area (Å²) in [5.41, 5.74) is 8.46. The van der Waals surface area contributed by atoms with Crippen LogP contribution in [0, 0.1) is 25.6 Å². The fraction of sp³-hybridized carbons (Fsp3) is 0.444. The molecule has 1 aromatic carbocycles. The first-order valence-corrected chi connectivity index (χ1v) is 8.33. The van der Waals surface area contributed by atoms with Crippen LogP contribution in [-0.2, 0) is 4.79 Å². The summed E-state index contributed by atoms with van der Waals surface area (Å²) in [4.78, 5) is 12.3. The second-order valence-electron chi connectivity index (χ2n) is 6.62. The van der Waals surface area contributed by atoms with E-state index < -0.39 is 5.82 Å². The molecule has 1 saturated carbocycles. The van der Waals surface area contributed by atoms with Crippen LogP contribution in [0.2, 0.25) is 0 Å². The number of aryl methyl sites for hydroxylation is 2. The van der Waals surface area contributed by atoms with E-state index in [9.17, 15) is 9.18 Å². The maximum atomic E-state index is 14.4. The quantitative estimate of drug-likeness (QED) is 0.873. The number of halogens is 2. The van der Waals surface area contributed by atoms with Gasteiger partial charge in [-0.15, -0.1) is 12.4 Å². The molecule has 2 aromatic rings. The highest BCUT2D eigenvalue weighted by Crippen LogP contribution is 2.25. The lowest BCUT2D eigenvalue weighted by molar-refractivity contribution is -0.120. The van der Waals surface area contributed by atoms with Crippen LogP contribution in [0.3, 0.4) is 0 Å². The molecule has 0 bridgehead atoms. The average Bonchev–Trinajstić information content (AvgIpc) is 2.86. The zero-order valence-electron chi connectivity index (χ0n) is 14.5. The van der Waals surface area contributed by atoms with Gasteiger partial charge in [0, 0.05) is 23.3 Å². The molecular formula is C18H24ClFN4O. The van der Waals surface area contributed by atoms with Gasteiger partial charge in [0.25, 0.3) is 0 Å². The fourth-order valence-electron chi connectivity index (χ4n) is 3.34. The molecule has 1 aliphatic rings. The van der Waals surface area contributed by atoms with Crippen molar-refractivity contribution < 1.29 is 9.18 Å². The summed E-state index contributed by atoms with van der Waals surface area (Å²) in [6.07, 6.45) is 3.46. The number of amides is 1. The van der Waals surface area contributed by atoms with Crippen LogP contribution in [0.5, 0.6) is 0 Å². The van der Waals surface area contributed by atoms with E-state index in [4.69, 9.17) is 5.73 Å². The van der Waals surface area contributed by atoms with Crippen LogP contribution in [0.15, 0.2) is 24.3 Å². The summed E-state index contributed by atoms with van der Waals surface area (Å²) in [5, 5.41) is 7.10. The topological polar surface area (TPSA) is 72.9 Å². The minimum Gasteiger partial charge on any atom is -0.328 e. The third kappa shape index (κ3) is 4.38. The van der Waals surface area contributed by atoms with E-state index in [2.05, 4.69) is 10.4 Å². The summed E-state index contributed by atoms with van der Waals surface area (Å²) in [6.45, 7) is 3.74. The molecule has 1 amide bonds. The number of carbonyl (C=O) groups is 1. The van der Waals surface area contributed by atoms with E-state index in [1.807, 2.05) is 19.9 Å². The van der Waals surface area contributed by atoms with Crippen molar-refractivity contribution in [3.8, 4) is 5.69 Å². The van der Waals surface area contributed by atoms with E-state index in [0.717, 1.165) is 30.7 Å². The molecule has 0 radical (unpaired) electrons. The first-order chi connectivity index (χ1) is 11.4. The number of nitrogens with one attached hydrogen (secondary N) is 1. The second-order valence-corrected chi connectivity index (χ2v) is 6.62. The Labute approximate surface area is 153 Å². The zero-order chi connectivity index (χ0) is 17.3. The lowest BCUT2D eigenvalue weighted by atomic mass is 9.85. The van der Waals surface area contributed by atoms with Crippen molar-refractivity contribution >= 4 is 24.0 Å². The summed E-state index contributed by atoms with van der Waals surface area (Å²) in [7, 11) is 0. The Balaban J connectivity index is 0.00000225. The van der Waals surface area contributed by atoms with Crippen molar-refractivity contribution in [2.75, 3.05) is 5.32 Å². The van der Waals surface area contributed by atoms with Crippen LogP contribution < -0.4 is 11.1 Å². The molecule has 1 aromatic heterocycles. The Bertz CT molecular complexity index is 762. The molecule has 0 aliphatic heterocycles. The highest BCUT2D eigenvalue weighted by Gasteiger charge is 2.25. The first-order valence-electron chi connectivity index (χ1n) is 8.33. The van der Waals surface area contributed by atoms with Crippen LogP contribution in [0.1, 0.15) is 37.1 Å². The van der Waals surface area contributed by atoms with Gasteiger partial charge in [-0.2, -0.15) is 5.10 Å². The number of hydrogen-bond acceptors (Lipinski definition) is 3. The maximum Gasteiger partial charge on any atom is 0.227 e. The predicted octanol–water partition coefficient (Wildman–Crippen LogP) is 3.51. The van der Waals surface area contributed by atoms with Crippen LogP contribution in [0.25, 0.3) is 5.69 Å². The second kappa shape index (κ2) is 7.97. The van der Waals surface area contributed by atoms with Crippen molar-refractivity contribution in [1.29, 1.82) is 0 Å². The Morgan fingerprint density at radius 1 is 1.32 bits per heavy atom. The van der Waals surface area contributed by atoms with Gasteiger partial charge in [-0.25, -0.2) is 9.07 Å². The number of nitrogens with two attached hydrogens (primary N) is 1. The lowest BCUT2D eigenvalue weighted by Crippen LogP contribution is -2.34. The summed E-state index contributed by atoms with van der Waals surface area (Å²) < 4.78 is 16.0. The minimum absolute atomic E-state index is 0. The van der Waals surface area contributed by atoms with Gasteiger partial charge in [-0.1, -0.05) is 6.42 Å². The standard InChI is InChI=1S/C18H23FN4O.ClH/c1-11-8-12(2)23(22-11)17-7-6-15(10-16(17)19)21-18(24)13-4-3-5-14(20)9-13;/h6-8,10,13-14H,3-5,9,20H2,1-2H3,(H,21,24);1H. The Morgan fingerprint density at radius 2 is 2.08 bits per heavy atom. The molecule has 7 heteroatoms. The monoisotopic (exact) mass is 366 g/mol. The number of hydrogen-bond donors (Lipinski definition) is 2.